The number of carbonyl (C=O) groups is 1. The Labute approximate surface area is 72.4 Å². The average molecular weight is 166 g/mol. The fourth-order valence-corrected chi connectivity index (χ4v) is 1.17. The number of nitrogens with one attached hydrogen (secondary N) is 1. The van der Waals surface area contributed by atoms with Gasteiger partial charge < -0.3 is 9.88 Å². The van der Waals surface area contributed by atoms with E-state index in [1.54, 1.807) is 19.0 Å². The van der Waals surface area contributed by atoms with Crippen molar-refractivity contribution < 1.29 is 4.79 Å². The highest BCUT2D eigenvalue weighted by Crippen LogP contribution is 2.09. The van der Waals surface area contributed by atoms with E-state index in [-0.39, 0.29) is 5.91 Å². The molecule has 1 rings (SSSR count). The summed E-state index contributed by atoms with van der Waals surface area (Å²) in [6.45, 7) is 3.87. The van der Waals surface area contributed by atoms with Crippen molar-refractivity contribution in [1.29, 1.82) is 0 Å². The maximum atomic E-state index is 11.5. The number of nitrogens with zero attached hydrogens (tertiary/aromatic N) is 1. The van der Waals surface area contributed by atoms with E-state index in [0.29, 0.717) is 5.69 Å². The first-order valence-corrected chi connectivity index (χ1v) is 3.90. The molecule has 0 aromatic carbocycles. The van der Waals surface area contributed by atoms with Crippen molar-refractivity contribution in [3.05, 3.63) is 23.0 Å². The van der Waals surface area contributed by atoms with E-state index in [1.807, 2.05) is 19.9 Å². The molecule has 0 aliphatic carbocycles. The number of hydrogen-bond donors (Lipinski definition) is 1. The Balaban J connectivity index is 3.02. The fraction of sp³-hybridized carbons (Fsp3) is 0.444. The first-order valence-electron chi connectivity index (χ1n) is 3.90. The molecule has 3 heteroatoms. The van der Waals surface area contributed by atoms with Crippen molar-refractivity contribution in [2.24, 2.45) is 0 Å². The van der Waals surface area contributed by atoms with Gasteiger partial charge in [-0.1, -0.05) is 0 Å². The summed E-state index contributed by atoms with van der Waals surface area (Å²) in [7, 11) is 3.50. The van der Waals surface area contributed by atoms with E-state index in [9.17, 15) is 4.79 Å². The molecular weight excluding hydrogens is 152 g/mol. The molecule has 1 aromatic heterocycles. The van der Waals surface area contributed by atoms with Crippen LogP contribution in [0.2, 0.25) is 0 Å². The van der Waals surface area contributed by atoms with Crippen LogP contribution in [0.3, 0.4) is 0 Å². The molecule has 1 aromatic rings. The standard InChI is InChI=1S/C9H14N2O/c1-6-5-7(2)10-8(6)9(12)11(3)4/h5,10H,1-4H3. The van der Waals surface area contributed by atoms with Crippen LogP contribution in [0.4, 0.5) is 0 Å². The van der Waals surface area contributed by atoms with Gasteiger partial charge in [0.25, 0.3) is 5.91 Å². The van der Waals surface area contributed by atoms with Gasteiger partial charge in [0, 0.05) is 19.8 Å². The van der Waals surface area contributed by atoms with E-state index in [0.717, 1.165) is 11.3 Å². The van der Waals surface area contributed by atoms with Crippen LogP contribution in [-0.2, 0) is 0 Å². The zero-order valence-corrected chi connectivity index (χ0v) is 7.93. The van der Waals surface area contributed by atoms with E-state index in [1.165, 1.54) is 0 Å². The Bertz CT molecular complexity index is 299. The van der Waals surface area contributed by atoms with Gasteiger partial charge in [0.15, 0.2) is 0 Å². The van der Waals surface area contributed by atoms with Crippen LogP contribution in [0.5, 0.6) is 0 Å². The topological polar surface area (TPSA) is 36.1 Å². The number of amides is 1. The van der Waals surface area contributed by atoms with E-state index in [2.05, 4.69) is 4.98 Å². The van der Waals surface area contributed by atoms with Crippen LogP contribution in [0.1, 0.15) is 21.7 Å². The molecule has 66 valence electrons. The van der Waals surface area contributed by atoms with E-state index < -0.39 is 0 Å². The predicted octanol–water partition coefficient (Wildman–Crippen LogP) is 1.33. The minimum atomic E-state index is 0.0283. The van der Waals surface area contributed by atoms with Gasteiger partial charge in [0.1, 0.15) is 5.69 Å². The van der Waals surface area contributed by atoms with Gasteiger partial charge in [-0.2, -0.15) is 0 Å². The Morgan fingerprint density at radius 1 is 1.42 bits per heavy atom. The molecule has 0 saturated heterocycles. The number of aromatic nitrogens is 1. The second-order valence-electron chi connectivity index (χ2n) is 3.21. The summed E-state index contributed by atoms with van der Waals surface area (Å²) < 4.78 is 0. The smallest absolute Gasteiger partial charge is 0.270 e. The number of aryl methyl sites for hydroxylation is 2. The van der Waals surface area contributed by atoms with Gasteiger partial charge in [-0.15, -0.1) is 0 Å². The number of hydrogen-bond acceptors (Lipinski definition) is 1. The van der Waals surface area contributed by atoms with Crippen molar-refractivity contribution in [1.82, 2.24) is 9.88 Å². The highest BCUT2D eigenvalue weighted by Gasteiger charge is 2.12. The maximum Gasteiger partial charge on any atom is 0.270 e. The Morgan fingerprint density at radius 3 is 2.33 bits per heavy atom. The highest BCUT2D eigenvalue weighted by molar-refractivity contribution is 5.93. The van der Waals surface area contributed by atoms with Crippen molar-refractivity contribution >= 4 is 5.91 Å². The molecule has 0 unspecified atom stereocenters. The molecule has 0 spiro atoms. The van der Waals surface area contributed by atoms with Gasteiger partial charge >= 0.3 is 0 Å². The third-order valence-electron chi connectivity index (χ3n) is 1.77. The number of aromatic amines is 1. The second-order valence-corrected chi connectivity index (χ2v) is 3.21. The normalized spacial score (nSPS) is 10.0. The Kier molecular flexibility index (Phi) is 2.22. The third-order valence-corrected chi connectivity index (χ3v) is 1.77. The molecular formula is C9H14N2O. The molecule has 1 heterocycles. The summed E-state index contributed by atoms with van der Waals surface area (Å²) in [5.41, 5.74) is 2.72. The summed E-state index contributed by atoms with van der Waals surface area (Å²) in [5, 5.41) is 0. The number of carbonyl (C=O) groups excluding carboxylic acids is 1. The van der Waals surface area contributed by atoms with E-state index >= 15 is 0 Å². The fourth-order valence-electron chi connectivity index (χ4n) is 1.17. The van der Waals surface area contributed by atoms with Crippen LogP contribution >= 0.6 is 0 Å². The first-order chi connectivity index (χ1) is 5.52. The molecule has 0 aliphatic heterocycles. The van der Waals surface area contributed by atoms with Gasteiger partial charge in [-0.05, 0) is 25.5 Å². The molecule has 0 aliphatic rings. The summed E-state index contributed by atoms with van der Waals surface area (Å²) in [5.74, 6) is 0.0283. The van der Waals surface area contributed by atoms with Crippen molar-refractivity contribution in [2.45, 2.75) is 13.8 Å². The van der Waals surface area contributed by atoms with Crippen LogP contribution in [0.25, 0.3) is 0 Å². The molecule has 0 bridgehead atoms. The predicted molar refractivity (Wildman–Crippen MR) is 48.3 cm³/mol. The van der Waals surface area contributed by atoms with Crippen molar-refractivity contribution in [2.75, 3.05) is 14.1 Å². The second kappa shape index (κ2) is 3.01. The lowest BCUT2D eigenvalue weighted by atomic mass is 10.2. The summed E-state index contributed by atoms with van der Waals surface area (Å²) >= 11 is 0. The maximum absolute atomic E-state index is 11.5. The van der Waals surface area contributed by atoms with E-state index in [4.69, 9.17) is 0 Å². The number of rotatable bonds is 1. The molecule has 0 atom stereocenters. The van der Waals surface area contributed by atoms with Crippen LogP contribution in [-0.4, -0.2) is 29.9 Å². The minimum absolute atomic E-state index is 0.0283. The quantitative estimate of drug-likeness (QED) is 0.671. The van der Waals surface area contributed by atoms with Gasteiger partial charge in [0.2, 0.25) is 0 Å². The van der Waals surface area contributed by atoms with Crippen LogP contribution < -0.4 is 0 Å². The number of H-pyrrole nitrogens is 1. The highest BCUT2D eigenvalue weighted by atomic mass is 16.2. The van der Waals surface area contributed by atoms with Crippen LogP contribution in [0, 0.1) is 13.8 Å². The van der Waals surface area contributed by atoms with Gasteiger partial charge in [-0.25, -0.2) is 0 Å². The van der Waals surface area contributed by atoms with Crippen LogP contribution in [0.15, 0.2) is 6.07 Å². The summed E-state index contributed by atoms with van der Waals surface area (Å²) in [4.78, 5) is 16.1. The Morgan fingerprint density at radius 2 is 2.00 bits per heavy atom. The van der Waals surface area contributed by atoms with Crippen molar-refractivity contribution in [3.8, 4) is 0 Å². The van der Waals surface area contributed by atoms with Gasteiger partial charge in [0.05, 0.1) is 0 Å². The Hall–Kier alpha value is -1.25. The lowest BCUT2D eigenvalue weighted by Crippen LogP contribution is -2.22. The lowest BCUT2D eigenvalue weighted by Gasteiger charge is -2.08. The SMILES string of the molecule is Cc1cc(C)c(C(=O)N(C)C)[nH]1. The molecule has 1 amide bonds. The zero-order valence-electron chi connectivity index (χ0n) is 7.93. The average Bonchev–Trinajstić information content (AvgIpc) is 2.28. The monoisotopic (exact) mass is 166 g/mol. The third kappa shape index (κ3) is 1.49. The summed E-state index contributed by atoms with van der Waals surface area (Å²) in [6, 6.07) is 1.97. The van der Waals surface area contributed by atoms with Gasteiger partial charge in [-0.3, -0.25) is 4.79 Å². The zero-order chi connectivity index (χ0) is 9.30. The molecule has 3 nitrogen and oxygen atoms in total. The summed E-state index contributed by atoms with van der Waals surface area (Å²) in [6.07, 6.45) is 0. The lowest BCUT2D eigenvalue weighted by molar-refractivity contribution is 0.0822. The molecule has 12 heavy (non-hydrogen) atoms. The van der Waals surface area contributed by atoms with Crippen molar-refractivity contribution in [3.63, 3.8) is 0 Å². The molecule has 0 fully saturated rings. The molecule has 0 radical (unpaired) electrons. The largest absolute Gasteiger partial charge is 0.354 e. The first kappa shape index (κ1) is 8.84. The minimum Gasteiger partial charge on any atom is -0.354 e. The molecule has 0 saturated carbocycles. The molecule has 1 N–H and O–H groups in total.